The molecular formula is C39H27N5. The van der Waals surface area contributed by atoms with Gasteiger partial charge in [0, 0.05) is 45.7 Å². The highest BCUT2D eigenvalue weighted by atomic mass is 15.2. The third-order valence-electron chi connectivity index (χ3n) is 7.88. The molecule has 8 rings (SSSR count). The molecule has 0 radical (unpaired) electrons. The van der Waals surface area contributed by atoms with Crippen LogP contribution in [0.5, 0.6) is 0 Å². The van der Waals surface area contributed by atoms with E-state index in [1.54, 1.807) is 0 Å². The Morgan fingerprint density at radius 2 is 1.05 bits per heavy atom. The normalized spacial score (nSPS) is 11.2. The molecule has 0 unspecified atom stereocenters. The topological polar surface area (TPSA) is 46.8 Å². The van der Waals surface area contributed by atoms with Gasteiger partial charge in [-0.15, -0.1) is 0 Å². The first-order chi connectivity index (χ1) is 21.8. The monoisotopic (exact) mass is 565 g/mol. The molecule has 0 spiro atoms. The Morgan fingerprint density at radius 3 is 1.70 bits per heavy atom. The lowest BCUT2D eigenvalue weighted by molar-refractivity contribution is 1.06. The highest BCUT2D eigenvalue weighted by Crippen LogP contribution is 2.38. The summed E-state index contributed by atoms with van der Waals surface area (Å²) in [5.74, 6) is 1.61. The van der Waals surface area contributed by atoms with Crippen molar-refractivity contribution in [2.24, 2.45) is 0 Å². The quantitative estimate of drug-likeness (QED) is 0.201. The number of hydrogen-bond donors (Lipinski definition) is 0. The van der Waals surface area contributed by atoms with E-state index in [-0.39, 0.29) is 0 Å². The van der Waals surface area contributed by atoms with Crippen LogP contribution in [0.1, 0.15) is 0 Å². The Hall–Kier alpha value is -6.07. The van der Waals surface area contributed by atoms with E-state index in [9.17, 15) is 0 Å². The van der Waals surface area contributed by atoms with Gasteiger partial charge in [0.15, 0.2) is 0 Å². The lowest BCUT2D eigenvalue weighted by atomic mass is 10.1. The maximum Gasteiger partial charge on any atom is 0.140 e. The number of benzene rings is 4. The summed E-state index contributed by atoms with van der Waals surface area (Å²) in [6.07, 6.45) is 3.67. The number of fused-ring (bicyclic) bond motifs is 3. The zero-order valence-electron chi connectivity index (χ0n) is 23.8. The van der Waals surface area contributed by atoms with Gasteiger partial charge in [0.2, 0.25) is 0 Å². The summed E-state index contributed by atoms with van der Waals surface area (Å²) in [5.41, 5.74) is 8.05. The molecule has 8 aromatic rings. The van der Waals surface area contributed by atoms with Crippen LogP contribution in [0.4, 0.5) is 17.2 Å². The van der Waals surface area contributed by atoms with Gasteiger partial charge in [-0.1, -0.05) is 78.9 Å². The van der Waals surface area contributed by atoms with E-state index in [0.29, 0.717) is 0 Å². The molecule has 5 heteroatoms. The van der Waals surface area contributed by atoms with Crippen LogP contribution >= 0.6 is 0 Å². The molecule has 0 aliphatic rings. The predicted molar refractivity (Wildman–Crippen MR) is 180 cm³/mol. The number of para-hydroxylation sites is 3. The second kappa shape index (κ2) is 11.0. The SMILES string of the molecule is c1ccc(N(c2ccccc2)c2cc(-c3ccccn3)cc(-n3c4ccccc4c4ccc(-c5ccccn5)cc43)n2)cc1. The minimum Gasteiger partial charge on any atom is -0.295 e. The van der Waals surface area contributed by atoms with Gasteiger partial charge in [-0.3, -0.25) is 19.4 Å². The van der Waals surface area contributed by atoms with E-state index in [0.717, 1.165) is 61.9 Å². The molecule has 0 aliphatic heterocycles. The molecule has 4 aromatic heterocycles. The molecule has 44 heavy (non-hydrogen) atoms. The van der Waals surface area contributed by atoms with Crippen LogP contribution in [-0.2, 0) is 0 Å². The molecule has 0 aliphatic carbocycles. The Balaban J connectivity index is 1.43. The Morgan fingerprint density at radius 1 is 0.455 bits per heavy atom. The van der Waals surface area contributed by atoms with Gasteiger partial charge in [-0.05, 0) is 72.8 Å². The molecular weight excluding hydrogens is 538 g/mol. The third kappa shape index (κ3) is 4.57. The maximum atomic E-state index is 5.40. The summed E-state index contributed by atoms with van der Waals surface area (Å²) in [5, 5.41) is 2.33. The summed E-state index contributed by atoms with van der Waals surface area (Å²) in [4.78, 5) is 17.0. The zero-order valence-corrected chi connectivity index (χ0v) is 23.8. The van der Waals surface area contributed by atoms with E-state index >= 15 is 0 Å². The first kappa shape index (κ1) is 25.6. The molecule has 4 aromatic carbocycles. The summed E-state index contributed by atoms with van der Waals surface area (Å²) in [7, 11) is 0. The average molecular weight is 566 g/mol. The standard InChI is InChI=1S/C39H27N5/c1-3-13-30(14-4-1)43(31-15-5-2-6-16-31)38-26-29(35-19-10-12-24-41-35)27-39(42-38)44-36-20-8-7-17-32(36)33-22-21-28(25-37(33)44)34-18-9-11-23-40-34/h1-27H. The number of pyridine rings is 3. The lowest BCUT2D eigenvalue weighted by Gasteiger charge is -2.25. The van der Waals surface area contributed by atoms with E-state index < -0.39 is 0 Å². The minimum atomic E-state index is 0.798. The van der Waals surface area contributed by atoms with Crippen molar-refractivity contribution in [3.63, 3.8) is 0 Å². The molecule has 0 amide bonds. The summed E-state index contributed by atoms with van der Waals surface area (Å²) in [6, 6.07) is 52.1. The van der Waals surface area contributed by atoms with Gasteiger partial charge in [0.1, 0.15) is 11.6 Å². The van der Waals surface area contributed by atoms with Gasteiger partial charge < -0.3 is 0 Å². The minimum absolute atomic E-state index is 0.798. The number of rotatable bonds is 6. The van der Waals surface area contributed by atoms with Crippen molar-refractivity contribution in [1.29, 1.82) is 0 Å². The van der Waals surface area contributed by atoms with Crippen molar-refractivity contribution in [2.45, 2.75) is 0 Å². The second-order valence-corrected chi connectivity index (χ2v) is 10.6. The molecule has 208 valence electrons. The van der Waals surface area contributed by atoms with Gasteiger partial charge in [-0.25, -0.2) is 4.98 Å². The Bertz CT molecular complexity index is 2170. The van der Waals surface area contributed by atoms with Crippen LogP contribution in [0, 0.1) is 0 Å². The van der Waals surface area contributed by atoms with Gasteiger partial charge in [0.25, 0.3) is 0 Å². The first-order valence-corrected chi connectivity index (χ1v) is 14.6. The van der Waals surface area contributed by atoms with Crippen LogP contribution in [0.3, 0.4) is 0 Å². The highest BCUT2D eigenvalue weighted by molar-refractivity contribution is 6.10. The van der Waals surface area contributed by atoms with E-state index in [2.05, 4.69) is 118 Å². The van der Waals surface area contributed by atoms with Crippen molar-refractivity contribution < 1.29 is 0 Å². The van der Waals surface area contributed by atoms with Crippen LogP contribution in [-0.4, -0.2) is 19.5 Å². The summed E-state index contributed by atoms with van der Waals surface area (Å²) in [6.45, 7) is 0. The fourth-order valence-corrected chi connectivity index (χ4v) is 5.89. The van der Waals surface area contributed by atoms with E-state index in [1.807, 2.05) is 60.9 Å². The van der Waals surface area contributed by atoms with E-state index in [4.69, 9.17) is 9.97 Å². The Labute approximate surface area is 255 Å². The molecule has 0 atom stereocenters. The van der Waals surface area contributed by atoms with Crippen LogP contribution < -0.4 is 4.90 Å². The van der Waals surface area contributed by atoms with Crippen molar-refractivity contribution in [1.82, 2.24) is 19.5 Å². The van der Waals surface area contributed by atoms with Gasteiger partial charge >= 0.3 is 0 Å². The molecule has 0 N–H and O–H groups in total. The molecule has 0 saturated carbocycles. The molecule has 5 nitrogen and oxygen atoms in total. The smallest absolute Gasteiger partial charge is 0.140 e. The Kier molecular flexibility index (Phi) is 6.39. The average Bonchev–Trinajstić information content (AvgIpc) is 3.44. The number of anilines is 3. The number of hydrogen-bond acceptors (Lipinski definition) is 4. The molecule has 4 heterocycles. The van der Waals surface area contributed by atoms with E-state index in [1.165, 1.54) is 5.39 Å². The zero-order chi connectivity index (χ0) is 29.3. The van der Waals surface area contributed by atoms with Crippen LogP contribution in [0.15, 0.2) is 164 Å². The molecule has 0 fully saturated rings. The third-order valence-corrected chi connectivity index (χ3v) is 7.88. The van der Waals surface area contributed by atoms with Crippen molar-refractivity contribution in [2.75, 3.05) is 4.90 Å². The molecule has 0 bridgehead atoms. The largest absolute Gasteiger partial charge is 0.295 e. The van der Waals surface area contributed by atoms with Gasteiger partial charge in [0.05, 0.1) is 22.4 Å². The summed E-state index contributed by atoms with van der Waals surface area (Å²) < 4.78 is 2.27. The van der Waals surface area contributed by atoms with Crippen molar-refractivity contribution in [3.05, 3.63) is 164 Å². The summed E-state index contributed by atoms with van der Waals surface area (Å²) >= 11 is 0. The van der Waals surface area contributed by atoms with Crippen LogP contribution in [0.25, 0.3) is 50.1 Å². The molecule has 0 saturated heterocycles. The van der Waals surface area contributed by atoms with Crippen molar-refractivity contribution in [3.8, 4) is 28.3 Å². The lowest BCUT2D eigenvalue weighted by Crippen LogP contribution is -2.13. The maximum absolute atomic E-state index is 5.40. The first-order valence-electron chi connectivity index (χ1n) is 14.6. The van der Waals surface area contributed by atoms with Crippen LogP contribution in [0.2, 0.25) is 0 Å². The van der Waals surface area contributed by atoms with Gasteiger partial charge in [-0.2, -0.15) is 0 Å². The highest BCUT2D eigenvalue weighted by Gasteiger charge is 2.20. The number of aromatic nitrogens is 4. The fourth-order valence-electron chi connectivity index (χ4n) is 5.89. The second-order valence-electron chi connectivity index (χ2n) is 10.6. The van der Waals surface area contributed by atoms with Crippen molar-refractivity contribution >= 4 is 39.0 Å². The predicted octanol–water partition coefficient (Wildman–Crippen LogP) is 9.77. The fraction of sp³-hybridized carbons (Fsp3) is 0. The number of nitrogens with zero attached hydrogens (tertiary/aromatic N) is 5.